The van der Waals surface area contributed by atoms with Gasteiger partial charge < -0.3 is 18.9 Å². The number of hydrogen-bond donors (Lipinski definition) is 0. The fraction of sp³-hybridized carbons (Fsp3) is 0.333. The van der Waals surface area contributed by atoms with Crippen LogP contribution >= 0.6 is 15.9 Å². The Labute approximate surface area is 265 Å². The Morgan fingerprint density at radius 1 is 0.689 bits per heavy atom. The zero-order valence-corrected chi connectivity index (χ0v) is 27.4. The molecule has 4 aromatic rings. The van der Waals surface area contributed by atoms with Crippen LogP contribution in [0.3, 0.4) is 0 Å². The summed E-state index contributed by atoms with van der Waals surface area (Å²) in [4.78, 5) is 81.1. The summed E-state index contributed by atoms with van der Waals surface area (Å²) in [7, 11) is 2.31. The van der Waals surface area contributed by atoms with Crippen molar-refractivity contribution in [3.63, 3.8) is 0 Å². The Hall–Kier alpha value is -4.92. The van der Waals surface area contributed by atoms with Crippen molar-refractivity contribution in [2.24, 2.45) is 10.8 Å². The van der Waals surface area contributed by atoms with Crippen LogP contribution in [0.15, 0.2) is 56.8 Å². The highest BCUT2D eigenvalue weighted by Crippen LogP contribution is 2.22. The average molecular weight is 688 g/mol. The van der Waals surface area contributed by atoms with Crippen molar-refractivity contribution in [2.75, 3.05) is 14.2 Å². The van der Waals surface area contributed by atoms with Crippen molar-refractivity contribution in [2.45, 2.75) is 41.5 Å². The molecule has 0 radical (unpaired) electrons. The molecule has 0 unspecified atom stereocenters. The van der Waals surface area contributed by atoms with Crippen molar-refractivity contribution in [3.05, 3.63) is 79.3 Å². The van der Waals surface area contributed by atoms with Crippen LogP contribution in [0.25, 0.3) is 11.3 Å². The molecule has 45 heavy (non-hydrogen) atoms. The molecular formula is C30H31BrN4O10. The molecule has 4 aromatic heterocycles. The highest BCUT2D eigenvalue weighted by atomic mass is 79.9. The van der Waals surface area contributed by atoms with Crippen LogP contribution in [0.2, 0.25) is 0 Å². The third-order valence-electron chi connectivity index (χ3n) is 5.81. The van der Waals surface area contributed by atoms with E-state index in [1.54, 1.807) is 71.9 Å². The molecular weight excluding hydrogens is 656 g/mol. The van der Waals surface area contributed by atoms with Crippen molar-refractivity contribution >= 4 is 51.1 Å². The van der Waals surface area contributed by atoms with Crippen LogP contribution in [0.5, 0.6) is 11.5 Å². The van der Waals surface area contributed by atoms with E-state index in [9.17, 15) is 28.8 Å². The van der Waals surface area contributed by atoms with E-state index < -0.39 is 57.3 Å². The first-order valence-corrected chi connectivity index (χ1v) is 14.0. The number of fused-ring (bicyclic) bond motifs is 2. The number of nitrogens with zero attached hydrogens (tertiary/aromatic N) is 4. The third-order valence-corrected chi connectivity index (χ3v) is 6.28. The number of aromatic nitrogens is 4. The molecule has 0 aliphatic heterocycles. The predicted octanol–water partition coefficient (Wildman–Crippen LogP) is 3.63. The van der Waals surface area contributed by atoms with Gasteiger partial charge in [-0.25, -0.2) is 19.6 Å². The molecule has 4 heterocycles. The van der Waals surface area contributed by atoms with Crippen LogP contribution in [0.1, 0.15) is 62.5 Å². The lowest BCUT2D eigenvalue weighted by atomic mass is 9.97. The molecule has 15 heteroatoms. The Morgan fingerprint density at radius 3 is 1.58 bits per heavy atom. The SMILES string of the molecule is COC(=O)c1nc2ccc(Br)cn2c(=O)c1OC(=O)C(C)(C)C.COC(=O)c1nc2ccccn2c(=O)c1OC(=O)C(C)(C)C. The molecule has 0 atom stereocenters. The lowest BCUT2D eigenvalue weighted by molar-refractivity contribution is -0.143. The van der Waals surface area contributed by atoms with Gasteiger partial charge in [0.1, 0.15) is 11.3 Å². The highest BCUT2D eigenvalue weighted by molar-refractivity contribution is 9.10. The topological polar surface area (TPSA) is 174 Å². The standard InChI is InChI=1S/C15H15BrN2O5.C15H16N2O5/c1-15(2,3)14(21)23-11-10(13(20)22-4)17-9-6-5-8(16)7-18(9)12(11)19;1-15(2,3)14(20)22-11-10(13(19)21-4)16-9-7-5-6-8-17(9)12(11)18/h5-7H,1-4H3;5-8H,1-4H3. The number of halogens is 1. The first kappa shape index (κ1) is 34.6. The molecule has 0 aliphatic carbocycles. The van der Waals surface area contributed by atoms with Gasteiger partial charge in [-0.05, 0) is 81.7 Å². The normalized spacial score (nSPS) is 11.3. The maximum atomic E-state index is 12.6. The average Bonchev–Trinajstić information content (AvgIpc) is 2.98. The lowest BCUT2D eigenvalue weighted by Gasteiger charge is -2.17. The molecule has 0 saturated carbocycles. The van der Waals surface area contributed by atoms with Crippen molar-refractivity contribution in [1.29, 1.82) is 0 Å². The van der Waals surface area contributed by atoms with E-state index in [-0.39, 0.29) is 22.7 Å². The number of ether oxygens (including phenoxy) is 4. The van der Waals surface area contributed by atoms with Crippen molar-refractivity contribution in [1.82, 2.24) is 18.8 Å². The number of hydrogen-bond acceptors (Lipinski definition) is 12. The van der Waals surface area contributed by atoms with Gasteiger partial charge in [-0.15, -0.1) is 0 Å². The van der Waals surface area contributed by atoms with Gasteiger partial charge in [-0.3, -0.25) is 28.0 Å². The number of rotatable bonds is 4. The predicted molar refractivity (Wildman–Crippen MR) is 163 cm³/mol. The zero-order valence-electron chi connectivity index (χ0n) is 25.8. The van der Waals surface area contributed by atoms with Crippen LogP contribution < -0.4 is 20.6 Å². The summed E-state index contributed by atoms with van der Waals surface area (Å²) in [6, 6.07) is 8.08. The van der Waals surface area contributed by atoms with Crippen LogP contribution in [-0.2, 0) is 19.1 Å². The minimum absolute atomic E-state index is 0.231. The maximum absolute atomic E-state index is 12.6. The fourth-order valence-corrected chi connectivity index (χ4v) is 3.65. The fourth-order valence-electron chi connectivity index (χ4n) is 3.32. The number of pyridine rings is 2. The largest absolute Gasteiger partial charge is 0.464 e. The second-order valence-corrected chi connectivity index (χ2v) is 12.4. The molecule has 0 N–H and O–H groups in total. The minimum Gasteiger partial charge on any atom is -0.464 e. The smallest absolute Gasteiger partial charge is 0.360 e. The first-order chi connectivity index (χ1) is 20.9. The van der Waals surface area contributed by atoms with Gasteiger partial charge in [0, 0.05) is 16.9 Å². The first-order valence-electron chi connectivity index (χ1n) is 13.2. The molecule has 0 bridgehead atoms. The molecule has 14 nitrogen and oxygen atoms in total. The molecule has 238 valence electrons. The van der Waals surface area contributed by atoms with Gasteiger partial charge in [-0.2, -0.15) is 0 Å². The van der Waals surface area contributed by atoms with E-state index >= 15 is 0 Å². The Bertz CT molecular complexity index is 1930. The second-order valence-electron chi connectivity index (χ2n) is 11.5. The number of carbonyl (C=O) groups is 4. The van der Waals surface area contributed by atoms with Crippen LogP contribution in [0, 0.1) is 10.8 Å². The Balaban J connectivity index is 0.000000246. The van der Waals surface area contributed by atoms with E-state index in [4.69, 9.17) is 9.47 Å². The van der Waals surface area contributed by atoms with E-state index in [2.05, 4.69) is 35.4 Å². The number of carbonyl (C=O) groups excluding carboxylic acids is 4. The van der Waals surface area contributed by atoms with Gasteiger partial charge >= 0.3 is 35.0 Å². The van der Waals surface area contributed by atoms with Gasteiger partial charge in [0.25, 0.3) is 0 Å². The summed E-state index contributed by atoms with van der Waals surface area (Å²) < 4.78 is 22.5. The Kier molecular flexibility index (Phi) is 10.3. The molecule has 0 aliphatic rings. The summed E-state index contributed by atoms with van der Waals surface area (Å²) >= 11 is 3.25. The summed E-state index contributed by atoms with van der Waals surface area (Å²) in [5, 5.41) is 0. The van der Waals surface area contributed by atoms with E-state index in [0.717, 1.165) is 14.2 Å². The van der Waals surface area contributed by atoms with E-state index in [1.165, 1.54) is 21.2 Å². The van der Waals surface area contributed by atoms with E-state index in [1.807, 2.05) is 0 Å². The summed E-state index contributed by atoms with van der Waals surface area (Å²) in [6.07, 6.45) is 2.94. The van der Waals surface area contributed by atoms with Crippen LogP contribution in [0.4, 0.5) is 0 Å². The van der Waals surface area contributed by atoms with Gasteiger partial charge in [0.05, 0.1) is 25.0 Å². The quantitative estimate of drug-likeness (QED) is 0.286. The minimum atomic E-state index is -0.857. The molecule has 0 spiro atoms. The van der Waals surface area contributed by atoms with Crippen molar-refractivity contribution in [3.8, 4) is 11.5 Å². The monoisotopic (exact) mass is 686 g/mol. The van der Waals surface area contributed by atoms with E-state index in [0.29, 0.717) is 4.47 Å². The van der Waals surface area contributed by atoms with Gasteiger partial charge in [0.2, 0.25) is 11.5 Å². The molecule has 0 saturated heterocycles. The molecule has 0 aromatic carbocycles. The number of methoxy groups -OCH3 is 2. The molecule has 0 amide bonds. The number of esters is 4. The van der Waals surface area contributed by atoms with Crippen LogP contribution in [-0.4, -0.2) is 56.9 Å². The lowest BCUT2D eigenvalue weighted by Crippen LogP contribution is -2.31. The second kappa shape index (κ2) is 13.4. The molecule has 4 rings (SSSR count). The third kappa shape index (κ3) is 7.78. The van der Waals surface area contributed by atoms with Gasteiger partial charge in [-0.1, -0.05) is 6.07 Å². The highest BCUT2D eigenvalue weighted by Gasteiger charge is 2.30. The zero-order chi connectivity index (χ0) is 33.9. The summed E-state index contributed by atoms with van der Waals surface area (Å²) in [5.41, 5.74) is -3.18. The molecule has 0 fully saturated rings. The summed E-state index contributed by atoms with van der Waals surface area (Å²) in [5.74, 6) is -3.89. The van der Waals surface area contributed by atoms with Crippen molar-refractivity contribution < 1.29 is 38.1 Å². The Morgan fingerprint density at radius 2 is 1.13 bits per heavy atom. The van der Waals surface area contributed by atoms with Gasteiger partial charge in [0.15, 0.2) is 11.4 Å². The summed E-state index contributed by atoms with van der Waals surface area (Å²) in [6.45, 7) is 9.82. The maximum Gasteiger partial charge on any atom is 0.360 e.